The minimum absolute atomic E-state index is 0.123. The molecule has 0 spiro atoms. The molecule has 1 N–H and O–H groups in total. The van der Waals surface area contributed by atoms with Gasteiger partial charge in [-0.25, -0.2) is 4.39 Å². The zero-order valence-corrected chi connectivity index (χ0v) is 17.7. The van der Waals surface area contributed by atoms with Gasteiger partial charge < -0.3 is 15.0 Å². The predicted octanol–water partition coefficient (Wildman–Crippen LogP) is 4.31. The van der Waals surface area contributed by atoms with Gasteiger partial charge >= 0.3 is 0 Å². The number of ether oxygens (including phenoxy) is 1. The second kappa shape index (κ2) is 10.2. The Morgan fingerprint density at radius 2 is 1.97 bits per heavy atom. The van der Waals surface area contributed by atoms with E-state index in [1.54, 1.807) is 10.7 Å². The van der Waals surface area contributed by atoms with Crippen LogP contribution in [-0.2, 0) is 6.54 Å². The lowest BCUT2D eigenvalue weighted by atomic mass is 10.2. The van der Waals surface area contributed by atoms with E-state index in [1.807, 2.05) is 44.4 Å². The van der Waals surface area contributed by atoms with Crippen molar-refractivity contribution in [2.75, 3.05) is 32.6 Å². The van der Waals surface area contributed by atoms with Crippen molar-refractivity contribution < 1.29 is 13.9 Å². The van der Waals surface area contributed by atoms with Gasteiger partial charge in [0.15, 0.2) is 0 Å². The van der Waals surface area contributed by atoms with E-state index in [2.05, 4.69) is 15.3 Å². The zero-order chi connectivity index (χ0) is 21.5. The van der Waals surface area contributed by atoms with Gasteiger partial charge in [-0.15, -0.1) is 5.10 Å². The monoisotopic (exact) mass is 430 g/mol. The summed E-state index contributed by atoms with van der Waals surface area (Å²) in [6, 6.07) is 15.1. The van der Waals surface area contributed by atoms with Crippen LogP contribution in [0.3, 0.4) is 0 Å². The molecule has 0 bridgehead atoms. The van der Waals surface area contributed by atoms with E-state index >= 15 is 0 Å². The summed E-state index contributed by atoms with van der Waals surface area (Å²) in [4.78, 5) is 15.0. The number of hydrogen-bond donors (Lipinski definition) is 1. The first-order valence-corrected chi connectivity index (χ1v) is 9.96. The van der Waals surface area contributed by atoms with Crippen LogP contribution in [0, 0.1) is 5.82 Å². The molecule has 0 aliphatic rings. The van der Waals surface area contributed by atoms with Crippen LogP contribution < -0.4 is 10.1 Å². The highest BCUT2D eigenvalue weighted by Gasteiger charge is 2.18. The van der Waals surface area contributed by atoms with Gasteiger partial charge in [0, 0.05) is 12.6 Å². The third-order valence-electron chi connectivity index (χ3n) is 4.34. The molecule has 3 aromatic rings. The normalized spacial score (nSPS) is 11.0. The summed E-state index contributed by atoms with van der Waals surface area (Å²) < 4.78 is 20.6. The van der Waals surface area contributed by atoms with E-state index in [0.29, 0.717) is 30.4 Å². The lowest BCUT2D eigenvalue weighted by molar-refractivity contribution is 0.101. The fourth-order valence-electron chi connectivity index (χ4n) is 2.86. The van der Waals surface area contributed by atoms with Crippen LogP contribution >= 0.6 is 11.6 Å². The Hall–Kier alpha value is -2.90. The Morgan fingerprint density at radius 1 is 1.20 bits per heavy atom. The minimum Gasteiger partial charge on any atom is -0.477 e. The van der Waals surface area contributed by atoms with Gasteiger partial charge in [0.2, 0.25) is 5.88 Å². The van der Waals surface area contributed by atoms with Crippen molar-refractivity contribution in [2.24, 2.45) is 0 Å². The third-order valence-corrected chi connectivity index (χ3v) is 4.66. The molecule has 8 heteroatoms. The Morgan fingerprint density at radius 3 is 2.67 bits per heavy atom. The largest absolute Gasteiger partial charge is 0.477 e. The molecule has 1 heterocycles. The maximum absolute atomic E-state index is 13.3. The number of nitrogens with one attached hydrogen (secondary N) is 1. The molecule has 0 saturated carbocycles. The van der Waals surface area contributed by atoms with Gasteiger partial charge in [-0.2, -0.15) is 0 Å². The number of benzene rings is 2. The highest BCUT2D eigenvalue weighted by Crippen LogP contribution is 2.24. The molecule has 158 valence electrons. The first kappa shape index (κ1) is 21.8. The van der Waals surface area contributed by atoms with Crippen molar-refractivity contribution in [3.8, 4) is 5.88 Å². The molecule has 30 heavy (non-hydrogen) atoms. The highest BCUT2D eigenvalue weighted by atomic mass is 35.5. The average molecular weight is 431 g/mol. The molecule has 0 radical (unpaired) electrons. The number of nitrogens with zero attached hydrogens (tertiary/aromatic N) is 3. The lowest BCUT2D eigenvalue weighted by Gasteiger charge is -2.09. The summed E-state index contributed by atoms with van der Waals surface area (Å²) in [6.45, 7) is 1.79. The van der Waals surface area contributed by atoms with Crippen LogP contribution in [0.15, 0.2) is 54.6 Å². The smallest absolute Gasteiger partial charge is 0.274 e. The third kappa shape index (κ3) is 6.05. The van der Waals surface area contributed by atoms with Crippen LogP contribution in [0.2, 0.25) is 5.02 Å². The van der Waals surface area contributed by atoms with Gasteiger partial charge in [-0.05, 0) is 44.3 Å². The van der Waals surface area contributed by atoms with Crippen molar-refractivity contribution in [1.29, 1.82) is 0 Å². The first-order chi connectivity index (χ1) is 14.4. The molecule has 1 aromatic heterocycles. The summed E-state index contributed by atoms with van der Waals surface area (Å²) in [5.41, 5.74) is 1.64. The minimum atomic E-state index is -0.472. The van der Waals surface area contributed by atoms with Gasteiger partial charge in [-0.3, -0.25) is 9.48 Å². The predicted molar refractivity (Wildman–Crippen MR) is 116 cm³/mol. The Balaban J connectivity index is 1.79. The Kier molecular flexibility index (Phi) is 7.43. The number of amides is 1. The van der Waals surface area contributed by atoms with Crippen molar-refractivity contribution in [2.45, 2.75) is 13.0 Å². The topological polar surface area (TPSA) is 59.4 Å². The highest BCUT2D eigenvalue weighted by molar-refractivity contribution is 6.33. The fourth-order valence-corrected chi connectivity index (χ4v) is 3.07. The van der Waals surface area contributed by atoms with E-state index in [1.165, 1.54) is 12.1 Å². The van der Waals surface area contributed by atoms with E-state index in [-0.39, 0.29) is 5.02 Å². The van der Waals surface area contributed by atoms with Gasteiger partial charge in [0.05, 0.1) is 23.9 Å². The molecule has 1 amide bonds. The first-order valence-electron chi connectivity index (χ1n) is 9.58. The van der Waals surface area contributed by atoms with Crippen molar-refractivity contribution in [3.63, 3.8) is 0 Å². The number of rotatable bonds is 9. The van der Waals surface area contributed by atoms with Gasteiger partial charge in [0.1, 0.15) is 11.5 Å². The van der Waals surface area contributed by atoms with E-state index in [0.717, 1.165) is 24.6 Å². The molecule has 0 atom stereocenters. The summed E-state index contributed by atoms with van der Waals surface area (Å²) in [5, 5.41) is 7.29. The standard InChI is InChI=1S/C22H24ClFN4O2/c1-27(2)11-6-12-30-21-14-20(28(26-21)15-16-7-4-3-5-8-16)22(29)25-19-10-9-17(24)13-18(19)23/h3-5,7-10,13-14H,6,11-12,15H2,1-2H3,(H,25,29). The Labute approximate surface area is 180 Å². The summed E-state index contributed by atoms with van der Waals surface area (Å²) in [6.07, 6.45) is 0.839. The van der Waals surface area contributed by atoms with Crippen molar-refractivity contribution >= 4 is 23.2 Å². The molecule has 0 unspecified atom stereocenters. The van der Waals surface area contributed by atoms with Crippen LogP contribution in [0.1, 0.15) is 22.5 Å². The molecule has 0 saturated heterocycles. The van der Waals surface area contributed by atoms with Gasteiger partial charge in [-0.1, -0.05) is 41.9 Å². The zero-order valence-electron chi connectivity index (χ0n) is 16.9. The van der Waals surface area contributed by atoms with Crippen LogP contribution in [0.25, 0.3) is 0 Å². The number of hydrogen-bond acceptors (Lipinski definition) is 4. The number of anilines is 1. The molecule has 6 nitrogen and oxygen atoms in total. The molecular formula is C22H24ClFN4O2. The molecule has 0 fully saturated rings. The quantitative estimate of drug-likeness (QED) is 0.514. The molecule has 2 aromatic carbocycles. The van der Waals surface area contributed by atoms with Crippen LogP contribution in [-0.4, -0.2) is 47.8 Å². The SMILES string of the molecule is CN(C)CCCOc1cc(C(=O)Nc2ccc(F)cc2Cl)n(Cc2ccccc2)n1. The molecular weight excluding hydrogens is 407 g/mol. The van der Waals surface area contributed by atoms with Crippen LogP contribution in [0.4, 0.5) is 10.1 Å². The molecule has 0 aliphatic heterocycles. The number of carbonyl (C=O) groups is 1. The summed E-state index contributed by atoms with van der Waals surface area (Å²) >= 11 is 6.04. The Bertz CT molecular complexity index is 992. The number of aromatic nitrogens is 2. The molecule has 3 rings (SSSR count). The molecule has 0 aliphatic carbocycles. The van der Waals surface area contributed by atoms with Crippen LogP contribution in [0.5, 0.6) is 5.88 Å². The summed E-state index contributed by atoms with van der Waals surface area (Å²) in [7, 11) is 4.00. The average Bonchev–Trinajstić information content (AvgIpc) is 3.11. The van der Waals surface area contributed by atoms with Crippen molar-refractivity contribution in [1.82, 2.24) is 14.7 Å². The summed E-state index contributed by atoms with van der Waals surface area (Å²) in [5.74, 6) is -0.504. The number of carbonyl (C=O) groups excluding carboxylic acids is 1. The lowest BCUT2D eigenvalue weighted by Crippen LogP contribution is -2.18. The fraction of sp³-hybridized carbons (Fsp3) is 0.273. The van der Waals surface area contributed by atoms with Crippen molar-refractivity contribution in [3.05, 3.63) is 76.7 Å². The van der Waals surface area contributed by atoms with E-state index in [4.69, 9.17) is 16.3 Å². The maximum Gasteiger partial charge on any atom is 0.274 e. The second-order valence-electron chi connectivity index (χ2n) is 7.09. The maximum atomic E-state index is 13.3. The van der Waals surface area contributed by atoms with E-state index < -0.39 is 11.7 Å². The number of halogens is 2. The van der Waals surface area contributed by atoms with Gasteiger partial charge in [0.25, 0.3) is 5.91 Å². The second-order valence-corrected chi connectivity index (χ2v) is 7.50. The van der Waals surface area contributed by atoms with E-state index in [9.17, 15) is 9.18 Å².